The van der Waals surface area contributed by atoms with E-state index in [-0.39, 0.29) is 17.4 Å². The molecule has 0 bridgehead atoms. The highest BCUT2D eigenvalue weighted by Gasteiger charge is 2.30. The van der Waals surface area contributed by atoms with E-state index in [1.807, 2.05) is 0 Å². The second-order valence-corrected chi connectivity index (χ2v) is 7.05. The second-order valence-electron chi connectivity index (χ2n) is 5.14. The third-order valence-corrected chi connectivity index (χ3v) is 3.69. The zero-order valence-electron chi connectivity index (χ0n) is 13.0. The molecule has 10 heteroatoms. The molecular weight excluding hydrogens is 347 g/mol. The zero-order chi connectivity index (χ0) is 18.1. The summed E-state index contributed by atoms with van der Waals surface area (Å²) < 4.78 is 66.8. The number of aromatic nitrogens is 2. The van der Waals surface area contributed by atoms with Gasteiger partial charge in [0.15, 0.2) is 0 Å². The van der Waals surface area contributed by atoms with Crippen molar-refractivity contribution in [2.24, 2.45) is 0 Å². The monoisotopic (exact) mass is 361 g/mol. The van der Waals surface area contributed by atoms with Gasteiger partial charge in [-0.3, -0.25) is 0 Å². The molecule has 0 spiro atoms. The standard InChI is InChI=1S/C14H14F3N3O3S/c1-20(2)11-8-12(19-13(18-11)24(3,21)22)23-10-6-4-5-9(7-10)14(15,16)17/h4-8H,1-3H3. The van der Waals surface area contributed by atoms with Crippen LogP contribution in [0.15, 0.2) is 35.5 Å². The number of halogens is 3. The molecule has 6 nitrogen and oxygen atoms in total. The van der Waals surface area contributed by atoms with E-state index in [2.05, 4.69) is 9.97 Å². The molecule has 1 aromatic carbocycles. The molecule has 0 atom stereocenters. The molecule has 2 aromatic rings. The number of hydrogen-bond acceptors (Lipinski definition) is 6. The summed E-state index contributed by atoms with van der Waals surface area (Å²) in [7, 11) is -0.459. The Labute approximate surface area is 136 Å². The van der Waals surface area contributed by atoms with Crippen LogP contribution in [-0.4, -0.2) is 38.7 Å². The van der Waals surface area contributed by atoms with Crippen LogP contribution in [0.5, 0.6) is 11.6 Å². The Morgan fingerprint density at radius 3 is 2.33 bits per heavy atom. The van der Waals surface area contributed by atoms with Gasteiger partial charge in [0, 0.05) is 26.4 Å². The minimum Gasteiger partial charge on any atom is -0.439 e. The van der Waals surface area contributed by atoms with Gasteiger partial charge < -0.3 is 9.64 Å². The maximum absolute atomic E-state index is 12.7. The molecule has 0 saturated carbocycles. The largest absolute Gasteiger partial charge is 0.439 e. The van der Waals surface area contributed by atoms with Gasteiger partial charge in [-0.2, -0.15) is 18.2 Å². The summed E-state index contributed by atoms with van der Waals surface area (Å²) in [6.07, 6.45) is -3.59. The minimum atomic E-state index is -4.52. The molecule has 24 heavy (non-hydrogen) atoms. The van der Waals surface area contributed by atoms with E-state index in [1.54, 1.807) is 14.1 Å². The summed E-state index contributed by atoms with van der Waals surface area (Å²) in [6.45, 7) is 0. The Morgan fingerprint density at radius 2 is 1.79 bits per heavy atom. The van der Waals surface area contributed by atoms with Gasteiger partial charge in [0.1, 0.15) is 11.6 Å². The highest BCUT2D eigenvalue weighted by Crippen LogP contribution is 2.32. The van der Waals surface area contributed by atoms with Crippen molar-refractivity contribution in [1.29, 1.82) is 0 Å². The molecule has 1 heterocycles. The summed E-state index contributed by atoms with van der Waals surface area (Å²) in [5.74, 6) is -0.0477. The molecular formula is C14H14F3N3O3S. The molecule has 0 fully saturated rings. The van der Waals surface area contributed by atoms with Gasteiger partial charge in [-0.05, 0) is 18.2 Å². The lowest BCUT2D eigenvalue weighted by molar-refractivity contribution is -0.137. The van der Waals surface area contributed by atoms with Gasteiger partial charge in [0.2, 0.25) is 15.7 Å². The SMILES string of the molecule is CN(C)c1cc(Oc2cccc(C(F)(F)F)c2)nc(S(C)(=O)=O)n1. The van der Waals surface area contributed by atoms with Gasteiger partial charge in [0.05, 0.1) is 5.56 Å². The molecule has 0 aliphatic heterocycles. The quantitative estimate of drug-likeness (QED) is 0.780. The lowest BCUT2D eigenvalue weighted by atomic mass is 10.2. The van der Waals surface area contributed by atoms with Crippen LogP contribution in [0, 0.1) is 0 Å². The average Bonchev–Trinajstić information content (AvgIpc) is 2.45. The van der Waals surface area contributed by atoms with Gasteiger partial charge in [0.25, 0.3) is 5.16 Å². The van der Waals surface area contributed by atoms with Crippen LogP contribution >= 0.6 is 0 Å². The van der Waals surface area contributed by atoms with Crippen molar-refractivity contribution >= 4 is 15.7 Å². The predicted octanol–water partition coefficient (Wildman–Crippen LogP) is 2.76. The molecule has 130 valence electrons. The fourth-order valence-corrected chi connectivity index (χ4v) is 2.21. The summed E-state index contributed by atoms with van der Waals surface area (Å²) in [5.41, 5.74) is -0.884. The molecule has 0 amide bonds. The fraction of sp³-hybridized carbons (Fsp3) is 0.286. The van der Waals surface area contributed by atoms with Crippen LogP contribution in [0.1, 0.15) is 5.56 Å². The lowest BCUT2D eigenvalue weighted by Gasteiger charge is -2.14. The van der Waals surface area contributed by atoms with Crippen molar-refractivity contribution in [2.45, 2.75) is 11.3 Å². The van der Waals surface area contributed by atoms with Gasteiger partial charge >= 0.3 is 6.18 Å². The highest BCUT2D eigenvalue weighted by atomic mass is 32.2. The first-order chi connectivity index (χ1) is 11.0. The molecule has 0 aliphatic rings. The lowest BCUT2D eigenvalue weighted by Crippen LogP contribution is -2.14. The van der Waals surface area contributed by atoms with Crippen LogP contribution in [-0.2, 0) is 16.0 Å². The number of rotatable bonds is 4. The number of benzene rings is 1. The van der Waals surface area contributed by atoms with Crippen molar-refractivity contribution < 1.29 is 26.3 Å². The van der Waals surface area contributed by atoms with E-state index in [9.17, 15) is 21.6 Å². The average molecular weight is 361 g/mol. The summed E-state index contributed by atoms with van der Waals surface area (Å²) in [5, 5.41) is -0.476. The summed E-state index contributed by atoms with van der Waals surface area (Å²) in [4.78, 5) is 9.14. The molecule has 1 aromatic heterocycles. The van der Waals surface area contributed by atoms with E-state index >= 15 is 0 Å². The molecule has 0 aliphatic carbocycles. The maximum atomic E-state index is 12.7. The molecule has 2 rings (SSSR count). The summed E-state index contributed by atoms with van der Waals surface area (Å²) >= 11 is 0. The minimum absolute atomic E-state index is 0.118. The van der Waals surface area contributed by atoms with Crippen molar-refractivity contribution in [3.63, 3.8) is 0 Å². The zero-order valence-corrected chi connectivity index (χ0v) is 13.8. The Kier molecular flexibility index (Phi) is 4.70. The first-order valence-corrected chi connectivity index (χ1v) is 8.47. The number of anilines is 1. The van der Waals surface area contributed by atoms with E-state index in [1.165, 1.54) is 23.1 Å². The Balaban J connectivity index is 2.45. The third kappa shape index (κ3) is 4.34. The third-order valence-electron chi connectivity index (χ3n) is 2.84. The number of ether oxygens (including phenoxy) is 1. The first-order valence-electron chi connectivity index (χ1n) is 6.58. The molecule has 0 N–H and O–H groups in total. The van der Waals surface area contributed by atoms with Crippen LogP contribution in [0.4, 0.5) is 19.0 Å². The van der Waals surface area contributed by atoms with Crippen LogP contribution in [0.25, 0.3) is 0 Å². The normalized spacial score (nSPS) is 12.1. The van der Waals surface area contributed by atoms with Gasteiger partial charge in [-0.15, -0.1) is 0 Å². The van der Waals surface area contributed by atoms with Crippen LogP contribution in [0.2, 0.25) is 0 Å². The van der Waals surface area contributed by atoms with E-state index in [0.29, 0.717) is 0 Å². The van der Waals surface area contributed by atoms with Gasteiger partial charge in [-0.1, -0.05) is 6.07 Å². The first kappa shape index (κ1) is 18.0. The molecule has 0 radical (unpaired) electrons. The van der Waals surface area contributed by atoms with Crippen molar-refractivity contribution in [3.05, 3.63) is 35.9 Å². The smallest absolute Gasteiger partial charge is 0.416 e. The topological polar surface area (TPSA) is 72.4 Å². The summed E-state index contributed by atoms with van der Waals surface area (Å²) in [6, 6.07) is 5.53. The maximum Gasteiger partial charge on any atom is 0.416 e. The molecule has 0 saturated heterocycles. The Bertz CT molecular complexity index is 852. The van der Waals surface area contributed by atoms with Crippen molar-refractivity contribution in [3.8, 4) is 11.6 Å². The number of sulfone groups is 1. The number of hydrogen-bond donors (Lipinski definition) is 0. The number of nitrogens with zero attached hydrogens (tertiary/aromatic N) is 3. The Hall–Kier alpha value is -2.36. The van der Waals surface area contributed by atoms with Crippen molar-refractivity contribution in [2.75, 3.05) is 25.3 Å². The number of alkyl halides is 3. The van der Waals surface area contributed by atoms with E-state index < -0.39 is 26.7 Å². The second kappa shape index (κ2) is 6.27. The predicted molar refractivity (Wildman–Crippen MR) is 81.0 cm³/mol. The van der Waals surface area contributed by atoms with Crippen LogP contribution < -0.4 is 9.64 Å². The highest BCUT2D eigenvalue weighted by molar-refractivity contribution is 7.90. The molecule has 0 unspecified atom stereocenters. The van der Waals surface area contributed by atoms with E-state index in [0.717, 1.165) is 18.4 Å². The van der Waals surface area contributed by atoms with E-state index in [4.69, 9.17) is 4.74 Å². The Morgan fingerprint density at radius 1 is 1.12 bits per heavy atom. The fourth-order valence-electron chi connectivity index (χ4n) is 1.70. The van der Waals surface area contributed by atoms with Crippen molar-refractivity contribution in [1.82, 2.24) is 9.97 Å². The van der Waals surface area contributed by atoms with Crippen LogP contribution in [0.3, 0.4) is 0 Å². The van der Waals surface area contributed by atoms with Gasteiger partial charge in [-0.25, -0.2) is 13.4 Å².